The van der Waals surface area contributed by atoms with E-state index >= 15 is 0 Å². The topological polar surface area (TPSA) is 35.5 Å². The lowest BCUT2D eigenvalue weighted by Gasteiger charge is -2.27. The second-order valence-corrected chi connectivity index (χ2v) is 5.90. The maximum Gasteiger partial charge on any atom is 0.416 e. The van der Waals surface area contributed by atoms with Gasteiger partial charge in [-0.3, -0.25) is 4.79 Å². The van der Waals surface area contributed by atoms with Crippen molar-refractivity contribution in [3.63, 3.8) is 0 Å². The Kier molecular flexibility index (Phi) is 3.89. The summed E-state index contributed by atoms with van der Waals surface area (Å²) in [7, 11) is 1.28. The van der Waals surface area contributed by atoms with E-state index in [9.17, 15) is 18.0 Å². The van der Waals surface area contributed by atoms with Gasteiger partial charge in [0.25, 0.3) is 0 Å². The van der Waals surface area contributed by atoms with E-state index in [0.717, 1.165) is 25.0 Å². The summed E-state index contributed by atoms with van der Waals surface area (Å²) in [6, 6.07) is 3.05. The van der Waals surface area contributed by atoms with Crippen LogP contribution in [0.2, 0.25) is 0 Å². The molecule has 3 rings (SSSR count). The molecule has 2 saturated heterocycles. The number of ketones is 1. The number of ether oxygens (including phenoxy) is 2. The molecule has 0 aliphatic carbocycles. The van der Waals surface area contributed by atoms with Gasteiger partial charge in [-0.1, -0.05) is 0 Å². The number of alkyl halides is 3. The number of carbonyl (C=O) groups is 1. The van der Waals surface area contributed by atoms with Crippen molar-refractivity contribution in [2.24, 2.45) is 5.92 Å². The van der Waals surface area contributed by atoms with Crippen LogP contribution in [0.3, 0.4) is 0 Å². The van der Waals surface area contributed by atoms with Gasteiger partial charge in [0, 0.05) is 5.92 Å². The Morgan fingerprint density at radius 3 is 2.41 bits per heavy atom. The molecule has 2 aliphatic heterocycles. The van der Waals surface area contributed by atoms with E-state index in [4.69, 9.17) is 9.47 Å². The monoisotopic (exact) mass is 314 g/mol. The first-order chi connectivity index (χ1) is 10.4. The number of carbonyl (C=O) groups excluding carboxylic acids is 1. The number of Topliss-reactive ketones (excluding diaryl/α,β-unsaturated/α-hetero) is 1. The molecule has 0 spiro atoms. The molecule has 6 heteroatoms. The minimum atomic E-state index is -4.45. The van der Waals surface area contributed by atoms with Gasteiger partial charge in [-0.25, -0.2) is 0 Å². The summed E-state index contributed by atoms with van der Waals surface area (Å²) in [6.45, 7) is 0. The minimum absolute atomic E-state index is 0.0151. The van der Waals surface area contributed by atoms with Crippen LogP contribution in [0.25, 0.3) is 0 Å². The predicted octanol–water partition coefficient (Wildman–Crippen LogP) is 3.85. The van der Waals surface area contributed by atoms with Gasteiger partial charge < -0.3 is 9.47 Å². The molecule has 120 valence electrons. The summed E-state index contributed by atoms with van der Waals surface area (Å²) >= 11 is 0. The Hall–Kier alpha value is -1.56. The van der Waals surface area contributed by atoms with Crippen molar-refractivity contribution in [1.29, 1.82) is 0 Å². The molecular formula is C16H17F3O3. The summed E-state index contributed by atoms with van der Waals surface area (Å²) < 4.78 is 48.9. The maximum atomic E-state index is 12.7. The zero-order valence-corrected chi connectivity index (χ0v) is 12.2. The Bertz CT molecular complexity index is 570. The molecule has 0 aromatic heterocycles. The first-order valence-corrected chi connectivity index (χ1v) is 7.33. The summed E-state index contributed by atoms with van der Waals surface area (Å²) in [5.74, 6) is -0.360. The van der Waals surface area contributed by atoms with E-state index in [2.05, 4.69) is 0 Å². The fourth-order valence-electron chi connectivity index (χ4n) is 3.36. The smallest absolute Gasteiger partial charge is 0.416 e. The van der Waals surface area contributed by atoms with Crippen molar-refractivity contribution >= 4 is 5.78 Å². The third kappa shape index (κ3) is 2.84. The molecule has 2 aliphatic rings. The highest BCUT2D eigenvalue weighted by molar-refractivity contribution is 6.00. The van der Waals surface area contributed by atoms with Crippen LogP contribution < -0.4 is 4.74 Å². The van der Waals surface area contributed by atoms with Crippen molar-refractivity contribution in [3.05, 3.63) is 29.3 Å². The molecule has 2 bridgehead atoms. The van der Waals surface area contributed by atoms with Gasteiger partial charge >= 0.3 is 6.18 Å². The Labute approximate surface area is 126 Å². The number of fused-ring (bicyclic) bond motifs is 2. The van der Waals surface area contributed by atoms with E-state index in [1.807, 2.05) is 0 Å². The Morgan fingerprint density at radius 1 is 1.23 bits per heavy atom. The predicted molar refractivity (Wildman–Crippen MR) is 72.9 cm³/mol. The van der Waals surface area contributed by atoms with Crippen LogP contribution in [-0.4, -0.2) is 25.1 Å². The van der Waals surface area contributed by atoms with Gasteiger partial charge in [-0.05, 0) is 43.9 Å². The van der Waals surface area contributed by atoms with Gasteiger partial charge in [0.1, 0.15) is 5.75 Å². The lowest BCUT2D eigenvalue weighted by molar-refractivity contribution is -0.137. The zero-order chi connectivity index (χ0) is 15.9. The van der Waals surface area contributed by atoms with Crippen molar-refractivity contribution in [2.45, 2.75) is 44.1 Å². The summed E-state index contributed by atoms with van der Waals surface area (Å²) in [4.78, 5) is 12.6. The number of hydrogen-bond donors (Lipinski definition) is 0. The van der Waals surface area contributed by atoms with E-state index in [1.165, 1.54) is 13.2 Å². The van der Waals surface area contributed by atoms with Crippen LogP contribution >= 0.6 is 0 Å². The highest BCUT2D eigenvalue weighted by atomic mass is 19.4. The zero-order valence-electron chi connectivity index (χ0n) is 12.2. The minimum Gasteiger partial charge on any atom is -0.496 e. The SMILES string of the molecule is COc1cc(C(F)(F)F)ccc1C(=O)C1CC2CCC(C1)O2. The first-order valence-electron chi connectivity index (χ1n) is 7.33. The molecule has 0 N–H and O–H groups in total. The third-order valence-electron chi connectivity index (χ3n) is 4.46. The summed E-state index contributed by atoms with van der Waals surface area (Å²) in [6.07, 6.45) is -1.05. The molecule has 22 heavy (non-hydrogen) atoms. The molecule has 2 heterocycles. The third-order valence-corrected chi connectivity index (χ3v) is 4.46. The van der Waals surface area contributed by atoms with E-state index < -0.39 is 11.7 Å². The van der Waals surface area contributed by atoms with Crippen LogP contribution in [-0.2, 0) is 10.9 Å². The van der Waals surface area contributed by atoms with Gasteiger partial charge in [0.05, 0.1) is 30.4 Å². The van der Waals surface area contributed by atoms with Crippen LogP contribution in [0.5, 0.6) is 5.75 Å². The van der Waals surface area contributed by atoms with Crippen molar-refractivity contribution in [1.82, 2.24) is 0 Å². The quantitative estimate of drug-likeness (QED) is 0.795. The average Bonchev–Trinajstić information content (AvgIpc) is 2.83. The number of methoxy groups -OCH3 is 1. The van der Waals surface area contributed by atoms with Crippen LogP contribution in [0.4, 0.5) is 13.2 Å². The first kappa shape index (κ1) is 15.3. The summed E-state index contributed by atoms with van der Waals surface area (Å²) in [5.41, 5.74) is -0.588. The normalized spacial score (nSPS) is 27.7. The van der Waals surface area contributed by atoms with Crippen molar-refractivity contribution < 1.29 is 27.4 Å². The Morgan fingerprint density at radius 2 is 1.86 bits per heavy atom. The molecule has 0 saturated carbocycles. The molecule has 3 nitrogen and oxygen atoms in total. The molecule has 1 aromatic rings. The van der Waals surface area contributed by atoms with Crippen molar-refractivity contribution in [2.75, 3.05) is 7.11 Å². The average molecular weight is 314 g/mol. The highest BCUT2D eigenvalue weighted by Gasteiger charge is 2.39. The van der Waals surface area contributed by atoms with E-state index in [1.54, 1.807) is 0 Å². The number of hydrogen-bond acceptors (Lipinski definition) is 3. The van der Waals surface area contributed by atoms with Crippen LogP contribution in [0.1, 0.15) is 41.6 Å². The molecule has 1 aromatic carbocycles. The van der Waals surface area contributed by atoms with Gasteiger partial charge in [0.2, 0.25) is 0 Å². The molecule has 0 amide bonds. The summed E-state index contributed by atoms with van der Waals surface area (Å²) in [5, 5.41) is 0. The standard InChI is InChI=1S/C16H17F3O3/c1-21-14-8-10(16(17,18)19)2-5-13(14)15(20)9-6-11-3-4-12(7-9)22-11/h2,5,8-9,11-12H,3-4,6-7H2,1H3. The lowest BCUT2D eigenvalue weighted by Crippen LogP contribution is -2.30. The second-order valence-electron chi connectivity index (χ2n) is 5.90. The van der Waals surface area contributed by atoms with Gasteiger partial charge in [-0.15, -0.1) is 0 Å². The molecular weight excluding hydrogens is 297 g/mol. The fourth-order valence-corrected chi connectivity index (χ4v) is 3.36. The fraction of sp³-hybridized carbons (Fsp3) is 0.562. The molecule has 2 unspecified atom stereocenters. The lowest BCUT2D eigenvalue weighted by atomic mass is 9.87. The Balaban J connectivity index is 1.86. The largest absolute Gasteiger partial charge is 0.496 e. The second kappa shape index (κ2) is 5.57. The molecule has 2 fully saturated rings. The van der Waals surface area contributed by atoms with Gasteiger partial charge in [-0.2, -0.15) is 13.2 Å². The number of halogens is 3. The van der Waals surface area contributed by atoms with E-state index in [-0.39, 0.29) is 35.2 Å². The van der Waals surface area contributed by atoms with Gasteiger partial charge in [0.15, 0.2) is 5.78 Å². The molecule has 2 atom stereocenters. The number of benzene rings is 1. The van der Waals surface area contributed by atoms with Crippen LogP contribution in [0.15, 0.2) is 18.2 Å². The molecule has 0 radical (unpaired) electrons. The van der Waals surface area contributed by atoms with E-state index in [0.29, 0.717) is 12.8 Å². The van der Waals surface area contributed by atoms with Crippen LogP contribution in [0, 0.1) is 5.92 Å². The highest BCUT2D eigenvalue weighted by Crippen LogP contribution is 2.39. The maximum absolute atomic E-state index is 12.7. The number of rotatable bonds is 3. The van der Waals surface area contributed by atoms with Crippen molar-refractivity contribution in [3.8, 4) is 5.75 Å².